The highest BCUT2D eigenvalue weighted by Gasteiger charge is 2.19. The average molecular weight is 340 g/mol. The van der Waals surface area contributed by atoms with Crippen molar-refractivity contribution in [2.45, 2.75) is 18.7 Å². The fourth-order valence-corrected chi connectivity index (χ4v) is 3.55. The van der Waals surface area contributed by atoms with Crippen molar-refractivity contribution in [1.29, 1.82) is 0 Å². The maximum Gasteiger partial charge on any atom is 0.123 e. The van der Waals surface area contributed by atoms with Crippen LogP contribution in [-0.4, -0.2) is 7.11 Å². The molecule has 0 aliphatic heterocycles. The number of aryl methyl sites for hydroxylation is 2. The van der Waals surface area contributed by atoms with E-state index >= 15 is 0 Å². The van der Waals surface area contributed by atoms with Crippen molar-refractivity contribution in [3.8, 4) is 5.75 Å². The van der Waals surface area contributed by atoms with E-state index in [1.165, 1.54) is 16.7 Å². The maximum absolute atomic E-state index is 6.11. The van der Waals surface area contributed by atoms with Crippen molar-refractivity contribution < 1.29 is 4.74 Å². The molecular weight excluding hydrogens is 324 g/mol. The lowest BCUT2D eigenvalue weighted by Crippen LogP contribution is -2.01. The molecule has 0 fully saturated rings. The SMILES string of the molecule is COc1ccc(Cl)cc1C(Br)c1c(C)cccc1C. The van der Waals surface area contributed by atoms with Gasteiger partial charge in [-0.15, -0.1) is 0 Å². The number of halogens is 2. The predicted molar refractivity (Wildman–Crippen MR) is 84.7 cm³/mol. The van der Waals surface area contributed by atoms with E-state index in [1.807, 2.05) is 18.2 Å². The molecule has 3 heteroatoms. The highest BCUT2D eigenvalue weighted by atomic mass is 79.9. The molecule has 0 bridgehead atoms. The molecule has 1 atom stereocenters. The molecule has 2 aromatic carbocycles. The summed E-state index contributed by atoms with van der Waals surface area (Å²) in [5, 5.41) is 0.714. The van der Waals surface area contributed by atoms with E-state index in [0.29, 0.717) is 5.02 Å². The summed E-state index contributed by atoms with van der Waals surface area (Å²) < 4.78 is 5.43. The Morgan fingerprint density at radius 1 is 1.11 bits per heavy atom. The van der Waals surface area contributed by atoms with Gasteiger partial charge >= 0.3 is 0 Å². The van der Waals surface area contributed by atoms with Crippen molar-refractivity contribution in [2.75, 3.05) is 7.11 Å². The van der Waals surface area contributed by atoms with Gasteiger partial charge in [0.2, 0.25) is 0 Å². The Kier molecular flexibility index (Phi) is 4.54. The first-order valence-corrected chi connectivity index (χ1v) is 7.37. The number of hydrogen-bond donors (Lipinski definition) is 0. The fourth-order valence-electron chi connectivity index (χ4n) is 2.29. The standard InChI is InChI=1S/C16H16BrClO/c1-10-5-4-6-11(2)15(10)16(17)13-9-12(18)7-8-14(13)19-3/h4-9,16H,1-3H3. The van der Waals surface area contributed by atoms with Gasteiger partial charge in [-0.3, -0.25) is 0 Å². The zero-order chi connectivity index (χ0) is 14.0. The zero-order valence-electron chi connectivity index (χ0n) is 11.2. The topological polar surface area (TPSA) is 9.23 Å². The van der Waals surface area contributed by atoms with Gasteiger partial charge in [0, 0.05) is 10.6 Å². The molecule has 19 heavy (non-hydrogen) atoms. The summed E-state index contributed by atoms with van der Waals surface area (Å²) in [6.07, 6.45) is 0. The van der Waals surface area contributed by atoms with E-state index in [4.69, 9.17) is 16.3 Å². The molecule has 0 aliphatic carbocycles. The summed E-state index contributed by atoms with van der Waals surface area (Å²) in [6.45, 7) is 4.24. The Bertz CT molecular complexity index is 575. The van der Waals surface area contributed by atoms with E-state index in [1.54, 1.807) is 7.11 Å². The Balaban J connectivity index is 2.55. The van der Waals surface area contributed by atoms with Crippen LogP contribution in [0.1, 0.15) is 27.1 Å². The molecule has 0 aromatic heterocycles. The van der Waals surface area contributed by atoms with Gasteiger partial charge in [0.15, 0.2) is 0 Å². The van der Waals surface area contributed by atoms with Crippen molar-refractivity contribution >= 4 is 27.5 Å². The van der Waals surface area contributed by atoms with E-state index in [0.717, 1.165) is 11.3 Å². The number of alkyl halides is 1. The second-order valence-corrected chi connectivity index (χ2v) is 5.91. The van der Waals surface area contributed by atoms with Crippen molar-refractivity contribution in [1.82, 2.24) is 0 Å². The van der Waals surface area contributed by atoms with E-state index in [2.05, 4.69) is 48.0 Å². The van der Waals surface area contributed by atoms with Crippen LogP contribution in [0.2, 0.25) is 5.02 Å². The van der Waals surface area contributed by atoms with Gasteiger partial charge in [0.25, 0.3) is 0 Å². The normalized spacial score (nSPS) is 12.3. The average Bonchev–Trinajstić information content (AvgIpc) is 2.38. The smallest absolute Gasteiger partial charge is 0.123 e. The lowest BCUT2D eigenvalue weighted by molar-refractivity contribution is 0.410. The minimum atomic E-state index is 0.0716. The van der Waals surface area contributed by atoms with Crippen LogP contribution in [0.15, 0.2) is 36.4 Å². The molecule has 2 aromatic rings. The van der Waals surface area contributed by atoms with Crippen LogP contribution in [0.25, 0.3) is 0 Å². The molecule has 2 rings (SSSR count). The summed E-state index contributed by atoms with van der Waals surface area (Å²) in [7, 11) is 1.68. The van der Waals surface area contributed by atoms with E-state index in [-0.39, 0.29) is 4.83 Å². The molecule has 1 nitrogen and oxygen atoms in total. The quantitative estimate of drug-likeness (QED) is 0.676. The molecule has 0 heterocycles. The highest BCUT2D eigenvalue weighted by molar-refractivity contribution is 9.09. The summed E-state index contributed by atoms with van der Waals surface area (Å²) in [6, 6.07) is 12.0. The first kappa shape index (κ1) is 14.4. The van der Waals surface area contributed by atoms with Crippen LogP contribution in [0.5, 0.6) is 5.75 Å². The first-order chi connectivity index (χ1) is 9.04. The number of rotatable bonds is 3. The zero-order valence-corrected chi connectivity index (χ0v) is 13.5. The van der Waals surface area contributed by atoms with Gasteiger partial charge in [0.1, 0.15) is 5.75 Å². The Morgan fingerprint density at radius 2 is 1.74 bits per heavy atom. The molecule has 0 spiro atoms. The van der Waals surface area contributed by atoms with Crippen molar-refractivity contribution in [2.24, 2.45) is 0 Å². The molecule has 0 saturated carbocycles. The Morgan fingerprint density at radius 3 is 2.32 bits per heavy atom. The van der Waals surface area contributed by atoms with Crippen LogP contribution in [0.3, 0.4) is 0 Å². The predicted octanol–water partition coefficient (Wildman–Crippen LogP) is 5.45. The van der Waals surface area contributed by atoms with Crippen LogP contribution in [0.4, 0.5) is 0 Å². The molecule has 100 valence electrons. The number of methoxy groups -OCH3 is 1. The minimum Gasteiger partial charge on any atom is -0.496 e. The summed E-state index contributed by atoms with van der Waals surface area (Å²) in [5.41, 5.74) is 4.82. The molecule has 0 N–H and O–H groups in total. The van der Waals surface area contributed by atoms with Gasteiger partial charge in [-0.25, -0.2) is 0 Å². The molecule has 0 radical (unpaired) electrons. The van der Waals surface area contributed by atoms with Crippen molar-refractivity contribution in [3.05, 3.63) is 63.7 Å². The Hall–Kier alpha value is -0.990. The highest BCUT2D eigenvalue weighted by Crippen LogP contribution is 2.40. The fraction of sp³-hybridized carbons (Fsp3) is 0.250. The second-order valence-electron chi connectivity index (χ2n) is 4.55. The number of hydrogen-bond acceptors (Lipinski definition) is 1. The molecule has 1 unspecified atom stereocenters. The molecular formula is C16H16BrClO. The van der Waals surface area contributed by atoms with Gasteiger partial charge in [-0.2, -0.15) is 0 Å². The number of ether oxygens (including phenoxy) is 1. The maximum atomic E-state index is 6.11. The minimum absolute atomic E-state index is 0.0716. The Labute approximate surface area is 127 Å². The summed E-state index contributed by atoms with van der Waals surface area (Å²) in [4.78, 5) is 0.0716. The molecule has 0 aliphatic rings. The second kappa shape index (κ2) is 5.98. The first-order valence-electron chi connectivity index (χ1n) is 6.08. The van der Waals surface area contributed by atoms with Gasteiger partial charge in [0.05, 0.1) is 11.9 Å². The largest absolute Gasteiger partial charge is 0.496 e. The van der Waals surface area contributed by atoms with Gasteiger partial charge < -0.3 is 4.74 Å². The van der Waals surface area contributed by atoms with E-state index < -0.39 is 0 Å². The van der Waals surface area contributed by atoms with Gasteiger partial charge in [-0.1, -0.05) is 45.7 Å². The third kappa shape index (κ3) is 2.96. The third-order valence-electron chi connectivity index (χ3n) is 3.26. The monoisotopic (exact) mass is 338 g/mol. The van der Waals surface area contributed by atoms with Crippen molar-refractivity contribution in [3.63, 3.8) is 0 Å². The van der Waals surface area contributed by atoms with Gasteiger partial charge in [-0.05, 0) is 48.7 Å². The van der Waals surface area contributed by atoms with Crippen LogP contribution in [-0.2, 0) is 0 Å². The van der Waals surface area contributed by atoms with E-state index in [9.17, 15) is 0 Å². The molecule has 0 amide bonds. The van der Waals surface area contributed by atoms with Crippen LogP contribution < -0.4 is 4.74 Å². The van der Waals surface area contributed by atoms with Crippen LogP contribution in [0, 0.1) is 13.8 Å². The molecule has 0 saturated heterocycles. The lowest BCUT2D eigenvalue weighted by Gasteiger charge is -2.19. The number of benzene rings is 2. The lowest BCUT2D eigenvalue weighted by atomic mass is 9.95. The van der Waals surface area contributed by atoms with Crippen LogP contribution >= 0.6 is 27.5 Å². The summed E-state index contributed by atoms with van der Waals surface area (Å²) in [5.74, 6) is 0.842. The third-order valence-corrected chi connectivity index (χ3v) is 4.45. The summed E-state index contributed by atoms with van der Waals surface area (Å²) >= 11 is 9.89.